The van der Waals surface area contributed by atoms with E-state index < -0.39 is 21.2 Å². The Kier molecular flexibility index (Phi) is 9.47. The second kappa shape index (κ2) is 12.3. The summed E-state index contributed by atoms with van der Waals surface area (Å²) in [5, 5.41) is -0.736. The van der Waals surface area contributed by atoms with Gasteiger partial charge in [-0.3, -0.25) is 4.79 Å². The van der Waals surface area contributed by atoms with Crippen molar-refractivity contribution in [2.75, 3.05) is 40.0 Å². The van der Waals surface area contributed by atoms with E-state index >= 15 is 0 Å². The van der Waals surface area contributed by atoms with E-state index in [9.17, 15) is 18.0 Å². The molecule has 1 fully saturated rings. The first kappa shape index (κ1) is 27.6. The Morgan fingerprint density at radius 2 is 1.69 bits per heavy atom. The fourth-order valence-electron chi connectivity index (χ4n) is 3.77. The Morgan fingerprint density at radius 1 is 1.03 bits per heavy atom. The maximum Gasteiger partial charge on any atom is 0.338 e. The van der Waals surface area contributed by atoms with Crippen LogP contribution in [0, 0.1) is 5.92 Å². The molecule has 2 aromatic carbocycles. The first-order chi connectivity index (χ1) is 17.1. The van der Waals surface area contributed by atoms with Crippen LogP contribution in [-0.4, -0.2) is 74.7 Å². The number of carbonyl (C=O) groups is 2. The van der Waals surface area contributed by atoms with Gasteiger partial charge in [0.1, 0.15) is 11.5 Å². The molecule has 36 heavy (non-hydrogen) atoms. The lowest BCUT2D eigenvalue weighted by atomic mass is 10.1. The van der Waals surface area contributed by atoms with E-state index in [-0.39, 0.29) is 30.5 Å². The van der Waals surface area contributed by atoms with Crippen molar-refractivity contribution in [2.45, 2.75) is 32.6 Å². The summed E-state index contributed by atoms with van der Waals surface area (Å²) in [4.78, 5) is 27.2. The Labute approximate surface area is 213 Å². The standard InChI is InChI=1S/C26H34N2O7S/c1-19(2)20(3)36(31,32)28(18-25(29)27-12-14-34-15-13-27)17-21-16-23(10-11-24(21)26(30)33-4)35-22-8-6-5-7-9-22/h5-11,16,19-20H,12-15,17-18H2,1-4H3/t20-/m0/s1. The first-order valence-corrected chi connectivity index (χ1v) is 13.4. The Morgan fingerprint density at radius 3 is 2.31 bits per heavy atom. The Bertz CT molecular complexity index is 1150. The van der Waals surface area contributed by atoms with Crippen LogP contribution in [0.15, 0.2) is 48.5 Å². The van der Waals surface area contributed by atoms with Gasteiger partial charge in [0.05, 0.1) is 37.7 Å². The van der Waals surface area contributed by atoms with Crippen LogP contribution in [0.2, 0.25) is 0 Å². The highest BCUT2D eigenvalue weighted by molar-refractivity contribution is 7.89. The summed E-state index contributed by atoms with van der Waals surface area (Å²) in [5.41, 5.74) is 0.582. The maximum atomic E-state index is 13.6. The summed E-state index contributed by atoms with van der Waals surface area (Å²) in [6.45, 7) is 6.36. The van der Waals surface area contributed by atoms with Gasteiger partial charge in [0, 0.05) is 19.6 Å². The maximum absolute atomic E-state index is 13.6. The second-order valence-corrected chi connectivity index (χ2v) is 11.3. The molecule has 1 amide bonds. The average Bonchev–Trinajstić information content (AvgIpc) is 2.88. The molecule has 9 nitrogen and oxygen atoms in total. The first-order valence-electron chi connectivity index (χ1n) is 11.9. The number of rotatable bonds is 10. The molecular weight excluding hydrogens is 484 g/mol. The van der Waals surface area contributed by atoms with Gasteiger partial charge in [-0.25, -0.2) is 13.2 Å². The van der Waals surface area contributed by atoms with E-state index in [2.05, 4.69) is 0 Å². The number of sulfonamides is 1. The smallest absolute Gasteiger partial charge is 0.338 e. The zero-order chi connectivity index (χ0) is 26.3. The molecule has 1 aliphatic rings. The van der Waals surface area contributed by atoms with Crippen molar-refractivity contribution in [3.63, 3.8) is 0 Å². The van der Waals surface area contributed by atoms with E-state index in [0.717, 1.165) is 4.31 Å². The Hall–Kier alpha value is -2.95. The van der Waals surface area contributed by atoms with Gasteiger partial charge in [-0.05, 0) is 48.7 Å². The summed E-state index contributed by atoms with van der Waals surface area (Å²) in [6, 6.07) is 13.9. The van der Waals surface area contributed by atoms with Crippen molar-refractivity contribution in [1.29, 1.82) is 0 Å². The fourth-order valence-corrected chi connectivity index (χ4v) is 5.53. The van der Waals surface area contributed by atoms with Gasteiger partial charge in [0.25, 0.3) is 0 Å². The number of morpholine rings is 1. The summed E-state index contributed by atoms with van der Waals surface area (Å²) >= 11 is 0. The number of carbonyl (C=O) groups excluding carboxylic acids is 2. The van der Waals surface area contributed by atoms with Crippen LogP contribution < -0.4 is 4.74 Å². The minimum Gasteiger partial charge on any atom is -0.465 e. The molecule has 0 aliphatic carbocycles. The molecule has 1 atom stereocenters. The molecule has 10 heteroatoms. The van der Waals surface area contributed by atoms with E-state index in [4.69, 9.17) is 14.2 Å². The molecule has 1 saturated heterocycles. The lowest BCUT2D eigenvalue weighted by molar-refractivity contribution is -0.135. The molecule has 2 aromatic rings. The minimum atomic E-state index is -3.89. The third-order valence-electron chi connectivity index (χ3n) is 6.25. The number of ether oxygens (including phenoxy) is 3. The van der Waals surface area contributed by atoms with E-state index in [0.29, 0.717) is 43.4 Å². The second-order valence-electron chi connectivity index (χ2n) is 8.98. The van der Waals surface area contributed by atoms with Crippen molar-refractivity contribution in [3.05, 3.63) is 59.7 Å². The van der Waals surface area contributed by atoms with Crippen molar-refractivity contribution in [3.8, 4) is 11.5 Å². The molecule has 1 aliphatic heterocycles. The highest BCUT2D eigenvalue weighted by atomic mass is 32.2. The highest BCUT2D eigenvalue weighted by Gasteiger charge is 2.34. The van der Waals surface area contributed by atoms with Crippen LogP contribution >= 0.6 is 0 Å². The monoisotopic (exact) mass is 518 g/mol. The lowest BCUT2D eigenvalue weighted by Gasteiger charge is -2.32. The van der Waals surface area contributed by atoms with Crippen molar-refractivity contribution in [2.24, 2.45) is 5.92 Å². The van der Waals surface area contributed by atoms with Gasteiger partial charge in [-0.15, -0.1) is 0 Å². The molecule has 0 spiro atoms. The molecule has 0 unspecified atom stereocenters. The van der Waals surface area contributed by atoms with Crippen molar-refractivity contribution < 1.29 is 32.2 Å². The van der Waals surface area contributed by atoms with Crippen molar-refractivity contribution >= 4 is 21.9 Å². The van der Waals surface area contributed by atoms with Gasteiger partial charge < -0.3 is 19.1 Å². The molecule has 0 saturated carbocycles. The van der Waals surface area contributed by atoms with Crippen LogP contribution in [0.3, 0.4) is 0 Å². The van der Waals surface area contributed by atoms with Crippen LogP contribution in [0.4, 0.5) is 0 Å². The number of para-hydroxylation sites is 1. The molecule has 196 valence electrons. The van der Waals surface area contributed by atoms with Gasteiger partial charge in [-0.1, -0.05) is 32.0 Å². The van der Waals surface area contributed by atoms with Gasteiger partial charge in [0.2, 0.25) is 15.9 Å². The number of methoxy groups -OCH3 is 1. The molecule has 3 rings (SSSR count). The van der Waals surface area contributed by atoms with E-state index in [1.165, 1.54) is 7.11 Å². The lowest BCUT2D eigenvalue weighted by Crippen LogP contribution is -2.48. The number of nitrogens with zero attached hydrogens (tertiary/aromatic N) is 2. The number of amides is 1. The van der Waals surface area contributed by atoms with Gasteiger partial charge in [-0.2, -0.15) is 4.31 Å². The predicted molar refractivity (Wildman–Crippen MR) is 135 cm³/mol. The third kappa shape index (κ3) is 6.83. The van der Waals surface area contributed by atoms with Gasteiger partial charge >= 0.3 is 5.97 Å². The number of hydrogen-bond acceptors (Lipinski definition) is 7. The van der Waals surface area contributed by atoms with Gasteiger partial charge in [0.15, 0.2) is 0 Å². The number of benzene rings is 2. The molecule has 0 N–H and O–H groups in total. The molecule has 1 heterocycles. The molecular formula is C26H34N2O7S. The highest BCUT2D eigenvalue weighted by Crippen LogP contribution is 2.27. The molecule has 0 radical (unpaired) electrons. The van der Waals surface area contributed by atoms with Crippen LogP contribution in [0.1, 0.15) is 36.7 Å². The quantitative estimate of drug-likeness (QED) is 0.445. The molecule has 0 bridgehead atoms. The molecule has 0 aromatic heterocycles. The van der Waals surface area contributed by atoms with Crippen LogP contribution in [-0.2, 0) is 30.8 Å². The predicted octanol–water partition coefficient (Wildman–Crippen LogP) is 3.30. The third-order valence-corrected chi connectivity index (χ3v) is 8.71. The van der Waals surface area contributed by atoms with E-state index in [1.807, 2.05) is 32.0 Å². The number of hydrogen-bond donors (Lipinski definition) is 0. The summed E-state index contributed by atoms with van der Waals surface area (Å²) < 4.78 is 44.5. The number of esters is 1. The summed E-state index contributed by atoms with van der Waals surface area (Å²) in [7, 11) is -2.63. The SMILES string of the molecule is COC(=O)c1ccc(Oc2ccccc2)cc1CN(CC(=O)N1CCOCC1)S(=O)(=O)[C@@H](C)C(C)C. The average molecular weight is 519 g/mol. The zero-order valence-corrected chi connectivity index (χ0v) is 22.0. The zero-order valence-electron chi connectivity index (χ0n) is 21.2. The van der Waals surface area contributed by atoms with Crippen LogP contribution in [0.25, 0.3) is 0 Å². The van der Waals surface area contributed by atoms with Crippen LogP contribution in [0.5, 0.6) is 11.5 Å². The minimum absolute atomic E-state index is 0.177. The summed E-state index contributed by atoms with van der Waals surface area (Å²) in [6.07, 6.45) is 0. The Balaban J connectivity index is 1.98. The normalized spacial score (nSPS) is 15.1. The van der Waals surface area contributed by atoms with E-state index in [1.54, 1.807) is 42.2 Å². The topological polar surface area (TPSA) is 102 Å². The summed E-state index contributed by atoms with van der Waals surface area (Å²) in [5.74, 6) is -0.0738. The van der Waals surface area contributed by atoms with Crippen molar-refractivity contribution in [1.82, 2.24) is 9.21 Å². The fraction of sp³-hybridized carbons (Fsp3) is 0.462. The largest absolute Gasteiger partial charge is 0.465 e.